The van der Waals surface area contributed by atoms with E-state index in [1.807, 2.05) is 0 Å². The zero-order valence-electron chi connectivity index (χ0n) is 6.60. The molecule has 0 unspecified atom stereocenters. The largest absolute Gasteiger partial charge is 0.271 e. The highest BCUT2D eigenvalue weighted by molar-refractivity contribution is 4.66. The fraction of sp³-hybridized carbons (Fsp3) is 1.00. The highest BCUT2D eigenvalue weighted by Crippen LogP contribution is 2.28. The summed E-state index contributed by atoms with van der Waals surface area (Å²) in [5, 5.41) is 0. The molecule has 1 aliphatic carbocycles. The second kappa shape index (κ2) is 4.69. The van der Waals surface area contributed by atoms with Crippen LogP contribution in [0.4, 0.5) is 0 Å². The first kappa shape index (κ1) is 8.02. The lowest BCUT2D eigenvalue weighted by Gasteiger charge is -2.06. The number of hydrazine groups is 1. The third kappa shape index (κ3) is 2.67. The van der Waals surface area contributed by atoms with Crippen molar-refractivity contribution in [1.29, 1.82) is 0 Å². The van der Waals surface area contributed by atoms with Crippen molar-refractivity contribution in [1.82, 2.24) is 5.43 Å². The summed E-state index contributed by atoms with van der Waals surface area (Å²) in [6.07, 6.45) is 8.47. The SMILES string of the molecule is NNCCCC1CCCC1. The van der Waals surface area contributed by atoms with Crippen molar-refractivity contribution in [3.8, 4) is 0 Å². The summed E-state index contributed by atoms with van der Waals surface area (Å²) >= 11 is 0. The topological polar surface area (TPSA) is 38.0 Å². The molecule has 3 N–H and O–H groups in total. The maximum atomic E-state index is 5.16. The summed E-state index contributed by atoms with van der Waals surface area (Å²) in [5.41, 5.74) is 2.69. The van der Waals surface area contributed by atoms with Crippen molar-refractivity contribution in [3.63, 3.8) is 0 Å². The first-order valence-electron chi connectivity index (χ1n) is 4.37. The van der Waals surface area contributed by atoms with Gasteiger partial charge in [-0.25, -0.2) is 0 Å². The Hall–Kier alpha value is -0.0800. The van der Waals surface area contributed by atoms with Crippen molar-refractivity contribution in [3.05, 3.63) is 0 Å². The van der Waals surface area contributed by atoms with Crippen LogP contribution in [0.2, 0.25) is 0 Å². The van der Waals surface area contributed by atoms with Crippen LogP contribution >= 0.6 is 0 Å². The third-order valence-corrected chi connectivity index (χ3v) is 2.41. The molecule has 0 aliphatic heterocycles. The molecule has 0 aromatic carbocycles. The maximum absolute atomic E-state index is 5.16. The van der Waals surface area contributed by atoms with E-state index in [0.29, 0.717) is 0 Å². The van der Waals surface area contributed by atoms with Crippen LogP contribution < -0.4 is 11.3 Å². The Kier molecular flexibility index (Phi) is 3.76. The van der Waals surface area contributed by atoms with E-state index in [2.05, 4.69) is 5.43 Å². The van der Waals surface area contributed by atoms with Crippen LogP contribution in [0.1, 0.15) is 38.5 Å². The molecule has 0 radical (unpaired) electrons. The number of hydrogen-bond donors (Lipinski definition) is 2. The Balaban J connectivity index is 1.91. The summed E-state index contributed by atoms with van der Waals surface area (Å²) in [5.74, 6) is 6.18. The molecule has 0 heterocycles. The third-order valence-electron chi connectivity index (χ3n) is 2.41. The molecule has 0 atom stereocenters. The van der Waals surface area contributed by atoms with Gasteiger partial charge < -0.3 is 0 Å². The first-order valence-corrected chi connectivity index (χ1v) is 4.37. The normalized spacial score (nSPS) is 20.1. The van der Waals surface area contributed by atoms with E-state index < -0.39 is 0 Å². The summed E-state index contributed by atoms with van der Waals surface area (Å²) in [7, 11) is 0. The Morgan fingerprint density at radius 2 is 2.00 bits per heavy atom. The molecular weight excluding hydrogens is 124 g/mol. The fourth-order valence-electron chi connectivity index (χ4n) is 1.79. The quantitative estimate of drug-likeness (QED) is 0.354. The molecule has 0 aromatic heterocycles. The molecule has 60 valence electrons. The molecule has 2 heteroatoms. The van der Waals surface area contributed by atoms with Crippen molar-refractivity contribution in [2.75, 3.05) is 6.54 Å². The van der Waals surface area contributed by atoms with Gasteiger partial charge in [-0.3, -0.25) is 11.3 Å². The van der Waals surface area contributed by atoms with Crippen LogP contribution in [0.25, 0.3) is 0 Å². The van der Waals surface area contributed by atoms with Crippen molar-refractivity contribution >= 4 is 0 Å². The van der Waals surface area contributed by atoms with Crippen LogP contribution in [0.15, 0.2) is 0 Å². The van der Waals surface area contributed by atoms with Gasteiger partial charge in [-0.15, -0.1) is 0 Å². The van der Waals surface area contributed by atoms with Gasteiger partial charge in [-0.05, 0) is 18.8 Å². The van der Waals surface area contributed by atoms with E-state index in [1.165, 1.54) is 38.5 Å². The summed E-state index contributed by atoms with van der Waals surface area (Å²) in [4.78, 5) is 0. The fourth-order valence-corrected chi connectivity index (χ4v) is 1.79. The zero-order valence-corrected chi connectivity index (χ0v) is 6.60. The highest BCUT2D eigenvalue weighted by Gasteiger charge is 2.13. The number of rotatable bonds is 4. The lowest BCUT2D eigenvalue weighted by atomic mass is 10.0. The van der Waals surface area contributed by atoms with Gasteiger partial charge in [0.1, 0.15) is 0 Å². The predicted molar refractivity (Wildman–Crippen MR) is 43.4 cm³/mol. The van der Waals surface area contributed by atoms with Crippen LogP contribution in [0.5, 0.6) is 0 Å². The van der Waals surface area contributed by atoms with E-state index in [9.17, 15) is 0 Å². The number of nitrogens with one attached hydrogen (secondary N) is 1. The molecule has 0 spiro atoms. The average molecular weight is 142 g/mol. The van der Waals surface area contributed by atoms with Gasteiger partial charge in [0, 0.05) is 6.54 Å². The lowest BCUT2D eigenvalue weighted by Crippen LogP contribution is -2.23. The molecule has 2 nitrogen and oxygen atoms in total. The molecule has 0 saturated heterocycles. The van der Waals surface area contributed by atoms with E-state index >= 15 is 0 Å². The molecule has 0 amide bonds. The molecule has 1 saturated carbocycles. The highest BCUT2D eigenvalue weighted by atomic mass is 15.2. The Bertz CT molecular complexity index is 77.3. The number of hydrogen-bond acceptors (Lipinski definition) is 2. The van der Waals surface area contributed by atoms with Crippen molar-refractivity contribution in [2.24, 2.45) is 11.8 Å². The standard InChI is InChI=1S/C8H18N2/c9-10-7-3-6-8-4-1-2-5-8/h8,10H,1-7,9H2. The molecule has 1 aliphatic rings. The van der Waals surface area contributed by atoms with E-state index in [0.717, 1.165) is 12.5 Å². The van der Waals surface area contributed by atoms with Crippen LogP contribution in [0.3, 0.4) is 0 Å². The van der Waals surface area contributed by atoms with E-state index in [1.54, 1.807) is 0 Å². The second-order valence-corrected chi connectivity index (χ2v) is 3.25. The Labute approximate surface area is 63.1 Å². The molecule has 0 bridgehead atoms. The monoisotopic (exact) mass is 142 g/mol. The molecular formula is C8H18N2. The van der Waals surface area contributed by atoms with Crippen molar-refractivity contribution < 1.29 is 0 Å². The minimum Gasteiger partial charge on any atom is -0.271 e. The summed E-state index contributed by atoms with van der Waals surface area (Å²) < 4.78 is 0. The minimum absolute atomic E-state index is 0.983. The lowest BCUT2D eigenvalue weighted by molar-refractivity contribution is 0.473. The molecule has 10 heavy (non-hydrogen) atoms. The van der Waals surface area contributed by atoms with Crippen molar-refractivity contribution in [2.45, 2.75) is 38.5 Å². The Morgan fingerprint density at radius 1 is 1.30 bits per heavy atom. The van der Waals surface area contributed by atoms with Crippen LogP contribution in [0, 0.1) is 5.92 Å². The average Bonchev–Trinajstić information content (AvgIpc) is 2.41. The smallest absolute Gasteiger partial charge is 0.00975 e. The predicted octanol–water partition coefficient (Wildman–Crippen LogP) is 1.42. The van der Waals surface area contributed by atoms with Gasteiger partial charge in [0.2, 0.25) is 0 Å². The van der Waals surface area contributed by atoms with Gasteiger partial charge >= 0.3 is 0 Å². The second-order valence-electron chi connectivity index (χ2n) is 3.25. The van der Waals surface area contributed by atoms with Gasteiger partial charge in [-0.2, -0.15) is 0 Å². The zero-order chi connectivity index (χ0) is 7.23. The van der Waals surface area contributed by atoms with Gasteiger partial charge in [0.05, 0.1) is 0 Å². The minimum atomic E-state index is 0.983. The maximum Gasteiger partial charge on any atom is 0.00975 e. The molecule has 1 rings (SSSR count). The van der Waals surface area contributed by atoms with Crippen LogP contribution in [-0.2, 0) is 0 Å². The summed E-state index contributed by atoms with van der Waals surface area (Å²) in [6, 6.07) is 0. The first-order chi connectivity index (χ1) is 4.93. The molecule has 1 fully saturated rings. The van der Waals surface area contributed by atoms with Crippen LogP contribution in [-0.4, -0.2) is 6.54 Å². The number of nitrogens with two attached hydrogens (primary N) is 1. The van der Waals surface area contributed by atoms with Gasteiger partial charge in [-0.1, -0.05) is 25.7 Å². The van der Waals surface area contributed by atoms with Gasteiger partial charge in [0.25, 0.3) is 0 Å². The summed E-state index contributed by atoms with van der Waals surface area (Å²) in [6.45, 7) is 0.983. The van der Waals surface area contributed by atoms with E-state index in [4.69, 9.17) is 5.84 Å². The molecule has 0 aromatic rings. The Morgan fingerprint density at radius 3 is 2.60 bits per heavy atom. The van der Waals surface area contributed by atoms with Gasteiger partial charge in [0.15, 0.2) is 0 Å². The van der Waals surface area contributed by atoms with E-state index in [-0.39, 0.29) is 0 Å².